The fourth-order valence-electron chi connectivity index (χ4n) is 3.95. The summed E-state index contributed by atoms with van der Waals surface area (Å²) in [5.74, 6) is 0.912. The van der Waals surface area contributed by atoms with Crippen LogP contribution in [0.25, 0.3) is 0 Å². The second-order valence-electron chi connectivity index (χ2n) is 8.03. The molecule has 3 aromatic rings. The number of nitrogens with one attached hydrogen (secondary N) is 3. The molecule has 0 unspecified atom stereocenters. The number of anilines is 3. The highest BCUT2D eigenvalue weighted by molar-refractivity contribution is 6.04. The summed E-state index contributed by atoms with van der Waals surface area (Å²) < 4.78 is 0. The quantitative estimate of drug-likeness (QED) is 0.479. The summed E-state index contributed by atoms with van der Waals surface area (Å²) in [4.78, 5) is 32.7. The Labute approximate surface area is 187 Å². The third kappa shape index (κ3) is 5.91. The fraction of sp³-hybridized carbons (Fsp3) is 0.280. The number of carbonyl (C=O) groups excluding carboxylic acids is 2. The summed E-state index contributed by atoms with van der Waals surface area (Å²) in [5, 5.41) is 9.05. The first-order chi connectivity index (χ1) is 15.7. The Morgan fingerprint density at radius 1 is 0.906 bits per heavy atom. The molecular formula is C25H27N5O2. The molecule has 7 nitrogen and oxygen atoms in total. The molecule has 1 aliphatic rings. The van der Waals surface area contributed by atoms with Crippen LogP contribution < -0.4 is 16.0 Å². The second-order valence-corrected chi connectivity index (χ2v) is 8.03. The summed E-state index contributed by atoms with van der Waals surface area (Å²) in [7, 11) is 0. The van der Waals surface area contributed by atoms with E-state index in [1.807, 2.05) is 36.4 Å². The van der Waals surface area contributed by atoms with Crippen LogP contribution in [0.3, 0.4) is 0 Å². The van der Waals surface area contributed by atoms with E-state index >= 15 is 0 Å². The van der Waals surface area contributed by atoms with Crippen LogP contribution in [-0.2, 0) is 0 Å². The van der Waals surface area contributed by atoms with E-state index in [4.69, 9.17) is 0 Å². The normalized spacial score (nSPS) is 13.5. The minimum absolute atomic E-state index is 0.0524. The van der Waals surface area contributed by atoms with Crippen molar-refractivity contribution in [2.24, 2.45) is 5.92 Å². The Bertz CT molecular complexity index is 1050. The monoisotopic (exact) mass is 429 g/mol. The van der Waals surface area contributed by atoms with Gasteiger partial charge in [0.15, 0.2) is 0 Å². The zero-order chi connectivity index (χ0) is 22.2. The Hall–Kier alpha value is -3.74. The third-order valence-corrected chi connectivity index (χ3v) is 5.70. The van der Waals surface area contributed by atoms with Gasteiger partial charge >= 0.3 is 0 Å². The maximum absolute atomic E-state index is 12.5. The molecule has 0 aliphatic heterocycles. The van der Waals surface area contributed by atoms with E-state index in [1.54, 1.807) is 24.4 Å². The molecule has 32 heavy (non-hydrogen) atoms. The zero-order valence-corrected chi connectivity index (χ0v) is 17.9. The highest BCUT2D eigenvalue weighted by Gasteiger charge is 2.15. The van der Waals surface area contributed by atoms with E-state index in [-0.39, 0.29) is 11.8 Å². The molecule has 0 saturated heterocycles. The summed E-state index contributed by atoms with van der Waals surface area (Å²) in [6, 6.07) is 16.2. The van der Waals surface area contributed by atoms with Gasteiger partial charge in [0, 0.05) is 35.2 Å². The molecule has 0 bridgehead atoms. The number of rotatable bonds is 8. The van der Waals surface area contributed by atoms with Crippen LogP contribution in [0.1, 0.15) is 52.8 Å². The highest BCUT2D eigenvalue weighted by atomic mass is 16.2. The predicted octanol–water partition coefficient (Wildman–Crippen LogP) is 4.78. The molecule has 4 rings (SSSR count). The number of benzene rings is 2. The van der Waals surface area contributed by atoms with E-state index < -0.39 is 0 Å². The average molecular weight is 430 g/mol. The van der Waals surface area contributed by atoms with Crippen LogP contribution in [0.5, 0.6) is 0 Å². The van der Waals surface area contributed by atoms with E-state index in [2.05, 4.69) is 25.9 Å². The summed E-state index contributed by atoms with van der Waals surface area (Å²) in [6.45, 7) is 0.722. The number of hydrogen-bond acceptors (Lipinski definition) is 5. The first-order valence-electron chi connectivity index (χ1n) is 11.0. The van der Waals surface area contributed by atoms with Gasteiger partial charge in [-0.2, -0.15) is 0 Å². The van der Waals surface area contributed by atoms with Crippen molar-refractivity contribution >= 4 is 29.0 Å². The first kappa shape index (κ1) is 21.5. The molecule has 1 aromatic heterocycles. The molecule has 0 spiro atoms. The lowest BCUT2D eigenvalue weighted by Gasteiger charge is -2.11. The average Bonchev–Trinajstić information content (AvgIpc) is 3.34. The summed E-state index contributed by atoms with van der Waals surface area (Å²) in [6.07, 6.45) is 9.22. The van der Waals surface area contributed by atoms with Gasteiger partial charge in [-0.25, -0.2) is 9.97 Å². The molecule has 3 N–H and O–H groups in total. The molecule has 2 aromatic carbocycles. The molecular weight excluding hydrogens is 402 g/mol. The standard InChI is InChI=1S/C25H27N5O2/c31-24(27-15-12-18-4-1-2-5-18)20-6-3-7-22(16-20)29-21-10-8-19(9-11-21)25(32)30-23-13-14-26-17-28-23/h3,6-11,13-14,16-18,29H,1-2,4-5,12,15H2,(H,27,31)(H,26,28,30,32). The number of aromatic nitrogens is 2. The summed E-state index contributed by atoms with van der Waals surface area (Å²) >= 11 is 0. The van der Waals surface area contributed by atoms with Gasteiger partial charge in [-0.15, -0.1) is 0 Å². The Morgan fingerprint density at radius 2 is 1.72 bits per heavy atom. The molecule has 1 aliphatic carbocycles. The lowest BCUT2D eigenvalue weighted by molar-refractivity contribution is 0.0950. The fourth-order valence-corrected chi connectivity index (χ4v) is 3.95. The lowest BCUT2D eigenvalue weighted by atomic mass is 10.0. The van der Waals surface area contributed by atoms with Crippen molar-refractivity contribution in [3.63, 3.8) is 0 Å². The number of nitrogens with zero attached hydrogens (tertiary/aromatic N) is 2. The molecule has 1 fully saturated rings. The van der Waals surface area contributed by atoms with E-state index in [9.17, 15) is 9.59 Å². The Balaban J connectivity index is 1.31. The molecule has 1 heterocycles. The summed E-state index contributed by atoms with van der Waals surface area (Å²) in [5.41, 5.74) is 2.78. The van der Waals surface area contributed by atoms with Gasteiger partial charge in [0.1, 0.15) is 12.1 Å². The van der Waals surface area contributed by atoms with Crippen molar-refractivity contribution in [3.8, 4) is 0 Å². The van der Waals surface area contributed by atoms with Gasteiger partial charge < -0.3 is 16.0 Å². The van der Waals surface area contributed by atoms with Crippen molar-refractivity contribution in [1.29, 1.82) is 0 Å². The topological polar surface area (TPSA) is 96.0 Å². The van der Waals surface area contributed by atoms with Crippen LogP contribution in [0.15, 0.2) is 67.1 Å². The van der Waals surface area contributed by atoms with E-state index in [0.717, 1.165) is 30.3 Å². The number of hydrogen-bond donors (Lipinski definition) is 3. The van der Waals surface area contributed by atoms with Gasteiger partial charge in [-0.05, 0) is 60.9 Å². The van der Waals surface area contributed by atoms with Crippen LogP contribution in [0.4, 0.5) is 17.2 Å². The van der Waals surface area contributed by atoms with Gasteiger partial charge in [0.25, 0.3) is 11.8 Å². The van der Waals surface area contributed by atoms with Crippen molar-refractivity contribution in [2.45, 2.75) is 32.1 Å². The van der Waals surface area contributed by atoms with Gasteiger partial charge in [-0.1, -0.05) is 31.7 Å². The molecule has 0 atom stereocenters. The lowest BCUT2D eigenvalue weighted by Crippen LogP contribution is -2.25. The van der Waals surface area contributed by atoms with Crippen molar-refractivity contribution in [1.82, 2.24) is 15.3 Å². The third-order valence-electron chi connectivity index (χ3n) is 5.70. The number of carbonyl (C=O) groups is 2. The zero-order valence-electron chi connectivity index (χ0n) is 17.9. The van der Waals surface area contributed by atoms with Crippen molar-refractivity contribution < 1.29 is 9.59 Å². The molecule has 2 amide bonds. The molecule has 0 radical (unpaired) electrons. The molecule has 1 saturated carbocycles. The van der Waals surface area contributed by atoms with Gasteiger partial charge in [0.2, 0.25) is 0 Å². The van der Waals surface area contributed by atoms with Crippen LogP contribution in [0.2, 0.25) is 0 Å². The van der Waals surface area contributed by atoms with Crippen LogP contribution in [-0.4, -0.2) is 28.3 Å². The maximum Gasteiger partial charge on any atom is 0.256 e. The smallest absolute Gasteiger partial charge is 0.256 e. The molecule has 164 valence electrons. The van der Waals surface area contributed by atoms with E-state index in [0.29, 0.717) is 16.9 Å². The Kier molecular flexibility index (Phi) is 7.07. The largest absolute Gasteiger partial charge is 0.356 e. The minimum atomic E-state index is -0.244. The highest BCUT2D eigenvalue weighted by Crippen LogP contribution is 2.27. The Morgan fingerprint density at radius 3 is 2.47 bits per heavy atom. The van der Waals surface area contributed by atoms with Gasteiger partial charge in [0.05, 0.1) is 0 Å². The van der Waals surface area contributed by atoms with Crippen molar-refractivity contribution in [3.05, 3.63) is 78.2 Å². The SMILES string of the molecule is O=C(NCCC1CCCC1)c1cccc(Nc2ccc(C(=O)Nc3ccncn3)cc2)c1. The van der Waals surface area contributed by atoms with Crippen LogP contribution >= 0.6 is 0 Å². The van der Waals surface area contributed by atoms with Crippen molar-refractivity contribution in [2.75, 3.05) is 17.2 Å². The first-order valence-corrected chi connectivity index (χ1v) is 11.0. The predicted molar refractivity (Wildman–Crippen MR) is 125 cm³/mol. The molecule has 7 heteroatoms. The van der Waals surface area contributed by atoms with E-state index in [1.165, 1.54) is 32.0 Å². The maximum atomic E-state index is 12.5. The van der Waals surface area contributed by atoms with Crippen LogP contribution in [0, 0.1) is 5.92 Å². The van der Waals surface area contributed by atoms with Gasteiger partial charge in [-0.3, -0.25) is 9.59 Å². The minimum Gasteiger partial charge on any atom is -0.356 e. The second kappa shape index (κ2) is 10.5. The number of amides is 2.